The van der Waals surface area contributed by atoms with Gasteiger partial charge in [-0.15, -0.1) is 11.3 Å². The smallest absolute Gasteiger partial charge is 0.241 e. The van der Waals surface area contributed by atoms with Crippen LogP contribution < -0.4 is 14.9 Å². The zero-order chi connectivity index (χ0) is 19.1. The summed E-state index contributed by atoms with van der Waals surface area (Å²) in [5.41, 5.74) is 1.58. The highest BCUT2D eigenvalue weighted by molar-refractivity contribution is 7.93. The molecule has 1 aliphatic heterocycles. The summed E-state index contributed by atoms with van der Waals surface area (Å²) in [6, 6.07) is 11.3. The summed E-state index contributed by atoms with van der Waals surface area (Å²) in [6.07, 6.45) is 4.35. The van der Waals surface area contributed by atoms with E-state index in [1.807, 2.05) is 29.6 Å². The summed E-state index contributed by atoms with van der Waals surface area (Å²) in [4.78, 5) is 15.4. The molecule has 8 heteroatoms. The molecular weight excluding hydrogens is 382 g/mol. The Kier molecular flexibility index (Phi) is 6.73. The second-order valence-electron chi connectivity index (χ2n) is 6.64. The maximum absolute atomic E-state index is 12.2. The molecule has 1 amide bonds. The molecule has 6 nitrogen and oxygen atoms in total. The lowest BCUT2D eigenvalue weighted by Gasteiger charge is -2.28. The van der Waals surface area contributed by atoms with Crippen LogP contribution in [0.15, 0.2) is 41.8 Å². The van der Waals surface area contributed by atoms with Gasteiger partial charge in [-0.2, -0.15) is 0 Å². The van der Waals surface area contributed by atoms with Crippen molar-refractivity contribution in [2.75, 3.05) is 35.0 Å². The van der Waals surface area contributed by atoms with Gasteiger partial charge in [0.1, 0.15) is 5.75 Å². The fourth-order valence-electron chi connectivity index (χ4n) is 3.11. The standard InChI is InChI=1S/C19H25N3O3S2/c23-19(20-11-10-18-5-4-14-26-18)15-27(24,25)21-16-6-8-17(9-7-16)22-12-2-1-3-13-22/h4-9,14,21H,1-3,10-13,15H2,(H,20,23). The number of nitrogens with zero attached hydrogens (tertiary/aromatic N) is 1. The van der Waals surface area contributed by atoms with Gasteiger partial charge in [-0.1, -0.05) is 6.07 Å². The number of thiophene rings is 1. The van der Waals surface area contributed by atoms with E-state index in [0.717, 1.165) is 23.7 Å². The summed E-state index contributed by atoms with van der Waals surface area (Å²) >= 11 is 1.62. The van der Waals surface area contributed by atoms with Crippen molar-refractivity contribution in [2.45, 2.75) is 25.7 Å². The van der Waals surface area contributed by atoms with Gasteiger partial charge in [0.2, 0.25) is 15.9 Å². The number of nitrogens with one attached hydrogen (secondary N) is 2. The van der Waals surface area contributed by atoms with Crippen molar-refractivity contribution >= 4 is 38.6 Å². The molecule has 1 saturated heterocycles. The van der Waals surface area contributed by atoms with Gasteiger partial charge in [0.25, 0.3) is 0 Å². The monoisotopic (exact) mass is 407 g/mol. The number of hydrogen-bond donors (Lipinski definition) is 2. The quantitative estimate of drug-likeness (QED) is 0.705. The van der Waals surface area contributed by atoms with Crippen LogP contribution in [-0.4, -0.2) is 39.7 Å². The van der Waals surface area contributed by atoms with E-state index >= 15 is 0 Å². The van der Waals surface area contributed by atoms with Crippen LogP contribution in [0.4, 0.5) is 11.4 Å². The molecule has 2 N–H and O–H groups in total. The molecular formula is C19H25N3O3S2. The van der Waals surface area contributed by atoms with Crippen molar-refractivity contribution in [2.24, 2.45) is 0 Å². The van der Waals surface area contributed by atoms with E-state index in [2.05, 4.69) is 14.9 Å². The van der Waals surface area contributed by atoms with Gasteiger partial charge in [-0.3, -0.25) is 9.52 Å². The van der Waals surface area contributed by atoms with E-state index < -0.39 is 21.7 Å². The molecule has 0 spiro atoms. The third-order valence-corrected chi connectivity index (χ3v) is 6.58. The molecule has 2 heterocycles. The predicted molar refractivity (Wildman–Crippen MR) is 111 cm³/mol. The van der Waals surface area contributed by atoms with Gasteiger partial charge in [0, 0.05) is 35.9 Å². The van der Waals surface area contributed by atoms with Crippen molar-refractivity contribution in [3.8, 4) is 0 Å². The normalized spacial score (nSPS) is 14.7. The number of piperidine rings is 1. The van der Waals surface area contributed by atoms with Crippen LogP contribution in [-0.2, 0) is 21.2 Å². The Morgan fingerprint density at radius 2 is 1.81 bits per heavy atom. The highest BCUT2D eigenvalue weighted by atomic mass is 32.2. The zero-order valence-corrected chi connectivity index (χ0v) is 16.8. The lowest BCUT2D eigenvalue weighted by atomic mass is 10.1. The van der Waals surface area contributed by atoms with E-state index in [9.17, 15) is 13.2 Å². The Bertz CT molecular complexity index is 828. The number of carbonyl (C=O) groups excluding carboxylic acids is 1. The van der Waals surface area contributed by atoms with E-state index in [0.29, 0.717) is 18.7 Å². The molecule has 0 radical (unpaired) electrons. The first kappa shape index (κ1) is 19.7. The van der Waals surface area contributed by atoms with Crippen LogP contribution in [0.3, 0.4) is 0 Å². The van der Waals surface area contributed by atoms with Crippen LogP contribution in [0.1, 0.15) is 24.1 Å². The molecule has 1 aromatic carbocycles. The number of amides is 1. The van der Waals surface area contributed by atoms with Crippen LogP contribution in [0.5, 0.6) is 0 Å². The second-order valence-corrected chi connectivity index (χ2v) is 9.39. The lowest BCUT2D eigenvalue weighted by molar-refractivity contribution is -0.118. The molecule has 27 heavy (non-hydrogen) atoms. The van der Waals surface area contributed by atoms with Gasteiger partial charge in [0.05, 0.1) is 0 Å². The number of benzene rings is 1. The fraction of sp³-hybridized carbons (Fsp3) is 0.421. The average Bonchev–Trinajstić information content (AvgIpc) is 3.16. The van der Waals surface area contributed by atoms with Crippen LogP contribution >= 0.6 is 11.3 Å². The Labute approximate surface area is 164 Å². The van der Waals surface area contributed by atoms with Crippen molar-refractivity contribution < 1.29 is 13.2 Å². The highest BCUT2D eigenvalue weighted by Crippen LogP contribution is 2.22. The third kappa shape index (κ3) is 6.25. The summed E-state index contributed by atoms with van der Waals surface area (Å²) in [5.74, 6) is -1.07. The number of rotatable bonds is 8. The largest absolute Gasteiger partial charge is 0.372 e. The van der Waals surface area contributed by atoms with E-state index in [1.165, 1.54) is 19.3 Å². The number of hydrogen-bond acceptors (Lipinski definition) is 5. The Morgan fingerprint density at radius 3 is 2.48 bits per heavy atom. The summed E-state index contributed by atoms with van der Waals surface area (Å²) in [7, 11) is -3.73. The van der Waals surface area contributed by atoms with Crippen LogP contribution in [0, 0.1) is 0 Å². The predicted octanol–water partition coefficient (Wildman–Crippen LogP) is 2.84. The third-order valence-electron chi connectivity index (χ3n) is 4.46. The van der Waals surface area contributed by atoms with Gasteiger partial charge >= 0.3 is 0 Å². The lowest BCUT2D eigenvalue weighted by Crippen LogP contribution is -2.34. The summed E-state index contributed by atoms with van der Waals surface area (Å²) < 4.78 is 26.9. The minimum atomic E-state index is -3.73. The van der Waals surface area contributed by atoms with Gasteiger partial charge in [-0.05, 0) is 61.4 Å². The van der Waals surface area contributed by atoms with E-state index in [4.69, 9.17) is 0 Å². The van der Waals surface area contributed by atoms with Crippen LogP contribution in [0.25, 0.3) is 0 Å². The van der Waals surface area contributed by atoms with Crippen LogP contribution in [0.2, 0.25) is 0 Å². The van der Waals surface area contributed by atoms with Crippen molar-refractivity contribution in [3.05, 3.63) is 46.7 Å². The summed E-state index contributed by atoms with van der Waals surface area (Å²) in [5, 5.41) is 4.63. The molecule has 1 aliphatic rings. The zero-order valence-electron chi connectivity index (χ0n) is 15.2. The first-order chi connectivity index (χ1) is 13.0. The molecule has 0 atom stereocenters. The maximum Gasteiger partial charge on any atom is 0.241 e. The topological polar surface area (TPSA) is 78.5 Å². The van der Waals surface area contributed by atoms with E-state index in [-0.39, 0.29) is 0 Å². The Balaban J connectivity index is 1.47. The SMILES string of the molecule is O=C(CS(=O)(=O)Nc1ccc(N2CCCCC2)cc1)NCCc1cccs1. The minimum Gasteiger partial charge on any atom is -0.372 e. The maximum atomic E-state index is 12.2. The molecule has 0 unspecified atom stereocenters. The average molecular weight is 408 g/mol. The van der Waals surface area contributed by atoms with Crippen molar-refractivity contribution in [3.63, 3.8) is 0 Å². The molecule has 2 aromatic rings. The molecule has 146 valence electrons. The van der Waals surface area contributed by atoms with Gasteiger partial charge < -0.3 is 10.2 Å². The molecule has 1 aromatic heterocycles. The fourth-order valence-corrected chi connectivity index (χ4v) is 4.84. The molecule has 1 fully saturated rings. The van der Waals surface area contributed by atoms with Crippen molar-refractivity contribution in [1.82, 2.24) is 5.32 Å². The highest BCUT2D eigenvalue weighted by Gasteiger charge is 2.17. The second kappa shape index (κ2) is 9.23. The molecule has 3 rings (SSSR count). The van der Waals surface area contributed by atoms with Gasteiger partial charge in [-0.25, -0.2) is 8.42 Å². The number of sulfonamides is 1. The van der Waals surface area contributed by atoms with Crippen molar-refractivity contribution in [1.29, 1.82) is 0 Å². The Morgan fingerprint density at radius 1 is 1.07 bits per heavy atom. The summed E-state index contributed by atoms with van der Waals surface area (Å²) in [6.45, 7) is 2.51. The molecule has 0 saturated carbocycles. The first-order valence-electron chi connectivity index (χ1n) is 9.16. The van der Waals surface area contributed by atoms with Gasteiger partial charge in [0.15, 0.2) is 0 Å². The molecule has 0 aliphatic carbocycles. The Hall–Kier alpha value is -2.06. The first-order valence-corrected chi connectivity index (χ1v) is 11.7. The van der Waals surface area contributed by atoms with E-state index in [1.54, 1.807) is 23.5 Å². The minimum absolute atomic E-state index is 0.430. The number of anilines is 2. The molecule has 0 bridgehead atoms. The number of carbonyl (C=O) groups is 1.